The average Bonchev–Trinajstić information content (AvgIpc) is 3.07. The van der Waals surface area contributed by atoms with Gasteiger partial charge in [-0.05, 0) is 27.1 Å². The van der Waals surface area contributed by atoms with Crippen molar-refractivity contribution in [1.82, 2.24) is 25.1 Å². The van der Waals surface area contributed by atoms with Crippen LogP contribution in [0.4, 0.5) is 4.79 Å². The van der Waals surface area contributed by atoms with Crippen LogP contribution in [0.1, 0.15) is 18.5 Å². The van der Waals surface area contributed by atoms with Crippen LogP contribution < -0.4 is 15.4 Å². The molecule has 25 heavy (non-hydrogen) atoms. The van der Waals surface area contributed by atoms with Gasteiger partial charge in [0.2, 0.25) is 0 Å². The molecule has 2 N–H and O–H groups in total. The Morgan fingerprint density at radius 1 is 1.36 bits per heavy atom. The fourth-order valence-electron chi connectivity index (χ4n) is 2.73. The van der Waals surface area contributed by atoms with Gasteiger partial charge in [0.05, 0.1) is 19.5 Å². The lowest BCUT2D eigenvalue weighted by Crippen LogP contribution is -2.45. The highest BCUT2D eigenvalue weighted by Crippen LogP contribution is 2.27. The van der Waals surface area contributed by atoms with Crippen molar-refractivity contribution < 1.29 is 9.53 Å². The van der Waals surface area contributed by atoms with Gasteiger partial charge in [-0.2, -0.15) is 0 Å². The van der Waals surface area contributed by atoms with Gasteiger partial charge < -0.3 is 24.8 Å². The second-order valence-electron chi connectivity index (χ2n) is 6.24. The van der Waals surface area contributed by atoms with Crippen LogP contribution in [0.3, 0.4) is 0 Å². The fourth-order valence-corrected chi connectivity index (χ4v) is 2.73. The minimum absolute atomic E-state index is 0.00160. The third kappa shape index (κ3) is 5.49. The first kappa shape index (κ1) is 18.8. The second kappa shape index (κ2) is 9.08. The zero-order valence-corrected chi connectivity index (χ0v) is 15.3. The number of para-hydroxylation sites is 1. The summed E-state index contributed by atoms with van der Waals surface area (Å²) < 4.78 is 7.38. The Morgan fingerprint density at radius 2 is 2.12 bits per heavy atom. The van der Waals surface area contributed by atoms with E-state index in [9.17, 15) is 4.79 Å². The molecule has 1 heterocycles. The van der Waals surface area contributed by atoms with Crippen molar-refractivity contribution in [2.24, 2.45) is 0 Å². The Morgan fingerprint density at radius 3 is 2.76 bits per heavy atom. The molecule has 0 aliphatic rings. The molecule has 2 rings (SSSR count). The zero-order valence-electron chi connectivity index (χ0n) is 15.3. The summed E-state index contributed by atoms with van der Waals surface area (Å²) in [5, 5.41) is 5.90. The molecule has 2 aromatic rings. The largest absolute Gasteiger partial charge is 0.496 e. The van der Waals surface area contributed by atoms with E-state index in [1.54, 1.807) is 19.6 Å². The lowest BCUT2D eigenvalue weighted by atomic mass is 10.0. The molecule has 0 unspecified atom stereocenters. The summed E-state index contributed by atoms with van der Waals surface area (Å²) in [6.45, 7) is 3.12. The maximum absolute atomic E-state index is 12.2. The molecular weight excluding hydrogens is 318 g/mol. The molecule has 0 radical (unpaired) electrons. The van der Waals surface area contributed by atoms with Gasteiger partial charge in [-0.1, -0.05) is 18.2 Å². The van der Waals surface area contributed by atoms with Gasteiger partial charge in [-0.25, -0.2) is 9.78 Å². The highest BCUT2D eigenvalue weighted by molar-refractivity contribution is 5.74. The van der Waals surface area contributed by atoms with E-state index in [-0.39, 0.29) is 18.1 Å². The summed E-state index contributed by atoms with van der Waals surface area (Å²) in [5.41, 5.74) is 1.04. The Labute approximate surface area is 149 Å². The summed E-state index contributed by atoms with van der Waals surface area (Å²) in [5.74, 6) is 0.817. The minimum Gasteiger partial charge on any atom is -0.496 e. The molecule has 2 amide bonds. The van der Waals surface area contributed by atoms with E-state index < -0.39 is 0 Å². The topological polar surface area (TPSA) is 71.4 Å². The molecule has 0 aliphatic carbocycles. The summed E-state index contributed by atoms with van der Waals surface area (Å²) in [6, 6.07) is 7.69. The molecule has 0 saturated carbocycles. The number of rotatable bonds is 8. The monoisotopic (exact) mass is 345 g/mol. The van der Waals surface area contributed by atoms with Crippen molar-refractivity contribution >= 4 is 6.03 Å². The average molecular weight is 345 g/mol. The summed E-state index contributed by atoms with van der Waals surface area (Å²) in [4.78, 5) is 18.3. The second-order valence-corrected chi connectivity index (χ2v) is 6.24. The van der Waals surface area contributed by atoms with Gasteiger partial charge in [0, 0.05) is 37.1 Å². The van der Waals surface area contributed by atoms with Gasteiger partial charge in [0.25, 0.3) is 0 Å². The molecule has 0 aliphatic heterocycles. The van der Waals surface area contributed by atoms with E-state index in [1.165, 1.54) is 0 Å². The number of urea groups is 1. The van der Waals surface area contributed by atoms with Crippen molar-refractivity contribution in [3.05, 3.63) is 48.5 Å². The SMILES string of the molecule is COc1ccccc1[C@H](CNC(=O)N[C@@H](C)Cn1ccnc1)N(C)C. The van der Waals surface area contributed by atoms with Crippen molar-refractivity contribution in [2.75, 3.05) is 27.7 Å². The van der Waals surface area contributed by atoms with Crippen LogP contribution in [0.15, 0.2) is 43.0 Å². The number of hydrogen-bond donors (Lipinski definition) is 2. The smallest absolute Gasteiger partial charge is 0.315 e. The minimum atomic E-state index is -0.186. The molecule has 7 heteroatoms. The lowest BCUT2D eigenvalue weighted by Gasteiger charge is -2.27. The van der Waals surface area contributed by atoms with Gasteiger partial charge in [-0.3, -0.25) is 0 Å². The standard InChI is InChI=1S/C18H27N5O2/c1-14(12-23-10-9-19-13-23)21-18(24)20-11-16(22(2)3)15-7-5-6-8-17(15)25-4/h5-10,13-14,16H,11-12H2,1-4H3,(H2,20,21,24)/t14-,16-/m0/s1. The number of amides is 2. The molecule has 1 aromatic heterocycles. The van der Waals surface area contributed by atoms with E-state index >= 15 is 0 Å². The van der Waals surface area contributed by atoms with Crippen LogP contribution in [0.25, 0.3) is 0 Å². The number of imidazole rings is 1. The van der Waals surface area contributed by atoms with Gasteiger partial charge in [0.1, 0.15) is 5.75 Å². The molecule has 1 aromatic carbocycles. The number of nitrogens with zero attached hydrogens (tertiary/aromatic N) is 3. The number of ether oxygens (including phenoxy) is 1. The van der Waals surface area contributed by atoms with E-state index in [4.69, 9.17) is 4.74 Å². The summed E-state index contributed by atoms with van der Waals surface area (Å²) >= 11 is 0. The van der Waals surface area contributed by atoms with Gasteiger partial charge in [0.15, 0.2) is 0 Å². The van der Waals surface area contributed by atoms with Gasteiger partial charge in [-0.15, -0.1) is 0 Å². The molecule has 0 saturated heterocycles. The molecule has 136 valence electrons. The quantitative estimate of drug-likeness (QED) is 0.766. The first-order valence-electron chi connectivity index (χ1n) is 8.30. The van der Waals surface area contributed by atoms with Crippen LogP contribution in [-0.4, -0.2) is 54.3 Å². The molecule has 0 bridgehead atoms. The molecular formula is C18H27N5O2. The van der Waals surface area contributed by atoms with Crippen LogP contribution >= 0.6 is 0 Å². The van der Waals surface area contributed by atoms with Gasteiger partial charge >= 0.3 is 6.03 Å². The zero-order chi connectivity index (χ0) is 18.2. The first-order chi connectivity index (χ1) is 12.0. The maximum atomic E-state index is 12.2. The lowest BCUT2D eigenvalue weighted by molar-refractivity contribution is 0.228. The predicted molar refractivity (Wildman–Crippen MR) is 97.6 cm³/mol. The Balaban J connectivity index is 1.91. The molecule has 0 fully saturated rings. The number of methoxy groups -OCH3 is 1. The Hall–Kier alpha value is -2.54. The van der Waals surface area contributed by atoms with Crippen LogP contribution in [0.5, 0.6) is 5.75 Å². The van der Waals surface area contributed by atoms with Crippen molar-refractivity contribution in [3.63, 3.8) is 0 Å². The number of carbonyl (C=O) groups is 1. The van der Waals surface area contributed by atoms with Crippen LogP contribution in [0.2, 0.25) is 0 Å². The number of aromatic nitrogens is 2. The predicted octanol–water partition coefficient (Wildman–Crippen LogP) is 1.88. The van der Waals surface area contributed by atoms with Crippen molar-refractivity contribution in [1.29, 1.82) is 0 Å². The van der Waals surface area contributed by atoms with Crippen LogP contribution in [0, 0.1) is 0 Å². The Bertz CT molecular complexity index is 657. The normalized spacial score (nSPS) is 13.3. The number of hydrogen-bond acceptors (Lipinski definition) is 4. The van der Waals surface area contributed by atoms with E-state index in [0.717, 1.165) is 11.3 Å². The molecule has 7 nitrogen and oxygen atoms in total. The molecule has 0 spiro atoms. The number of carbonyl (C=O) groups excluding carboxylic acids is 1. The number of likely N-dealkylation sites (N-methyl/N-ethyl adjacent to an activating group) is 1. The highest BCUT2D eigenvalue weighted by atomic mass is 16.5. The van der Waals surface area contributed by atoms with E-state index in [2.05, 4.69) is 20.5 Å². The summed E-state index contributed by atoms with van der Waals surface area (Å²) in [6.07, 6.45) is 5.33. The Kier molecular flexibility index (Phi) is 6.82. The van der Waals surface area contributed by atoms with Crippen molar-refractivity contribution in [2.45, 2.75) is 25.6 Å². The van der Waals surface area contributed by atoms with Crippen molar-refractivity contribution in [3.8, 4) is 5.75 Å². The summed E-state index contributed by atoms with van der Waals surface area (Å²) in [7, 11) is 5.63. The van der Waals surface area contributed by atoms with E-state index in [0.29, 0.717) is 13.1 Å². The number of benzene rings is 1. The fraction of sp³-hybridized carbons (Fsp3) is 0.444. The number of nitrogens with one attached hydrogen (secondary N) is 2. The third-order valence-corrected chi connectivity index (χ3v) is 4.00. The van der Waals surface area contributed by atoms with E-state index in [1.807, 2.05) is 56.0 Å². The maximum Gasteiger partial charge on any atom is 0.315 e. The van der Waals surface area contributed by atoms with Crippen LogP contribution in [-0.2, 0) is 6.54 Å². The molecule has 2 atom stereocenters. The highest BCUT2D eigenvalue weighted by Gasteiger charge is 2.19. The first-order valence-corrected chi connectivity index (χ1v) is 8.30. The third-order valence-electron chi connectivity index (χ3n) is 4.00.